The first-order valence-corrected chi connectivity index (χ1v) is 9.13. The summed E-state index contributed by atoms with van der Waals surface area (Å²) in [6.07, 6.45) is 6.18. The largest absolute Gasteiger partial charge is 0.380 e. The summed E-state index contributed by atoms with van der Waals surface area (Å²) in [4.78, 5) is 0.324. The van der Waals surface area contributed by atoms with E-state index in [0.29, 0.717) is 10.8 Å². The first-order chi connectivity index (χ1) is 10.0. The van der Waals surface area contributed by atoms with E-state index in [9.17, 15) is 8.42 Å². The highest BCUT2D eigenvalue weighted by Gasteiger charge is 2.18. The van der Waals surface area contributed by atoms with Gasteiger partial charge in [0.25, 0.3) is 0 Å². The Morgan fingerprint density at radius 2 is 1.81 bits per heavy atom. The Balaban J connectivity index is 2.03. The van der Waals surface area contributed by atoms with Crippen LogP contribution in [0.5, 0.6) is 0 Å². The number of sulfonamides is 1. The van der Waals surface area contributed by atoms with E-state index in [1.165, 1.54) is 37.7 Å². The van der Waals surface area contributed by atoms with Crippen molar-refractivity contribution in [2.75, 3.05) is 13.7 Å². The number of hydrogen-bond acceptors (Lipinski definition) is 3. The summed E-state index contributed by atoms with van der Waals surface area (Å²) in [5.74, 6) is 0.594. The molecule has 5 heteroatoms. The van der Waals surface area contributed by atoms with Gasteiger partial charge in [-0.25, -0.2) is 13.1 Å². The Kier molecular flexibility index (Phi) is 5.79. The number of benzene rings is 1. The molecular formula is C16H25NO3S. The summed E-state index contributed by atoms with van der Waals surface area (Å²) in [5.41, 5.74) is 1.26. The summed E-state index contributed by atoms with van der Waals surface area (Å²) in [6.45, 7) is 2.11. The molecule has 0 radical (unpaired) electrons. The van der Waals surface area contributed by atoms with E-state index >= 15 is 0 Å². The average molecular weight is 311 g/mol. The van der Waals surface area contributed by atoms with Crippen molar-refractivity contribution in [2.45, 2.75) is 55.9 Å². The maximum absolute atomic E-state index is 12.2. The molecular weight excluding hydrogens is 286 g/mol. The third-order valence-electron chi connectivity index (χ3n) is 4.23. The van der Waals surface area contributed by atoms with Crippen molar-refractivity contribution in [2.24, 2.45) is 0 Å². The Morgan fingerprint density at radius 3 is 2.38 bits per heavy atom. The molecule has 1 saturated carbocycles. The summed E-state index contributed by atoms with van der Waals surface area (Å²) in [7, 11) is -1.88. The molecule has 1 fully saturated rings. The van der Waals surface area contributed by atoms with Crippen LogP contribution in [0.2, 0.25) is 0 Å². The Bertz CT molecular complexity index is 533. The van der Waals surface area contributed by atoms with Crippen LogP contribution >= 0.6 is 0 Å². The van der Waals surface area contributed by atoms with Crippen LogP contribution in [0.3, 0.4) is 0 Å². The van der Waals surface area contributed by atoms with Crippen molar-refractivity contribution < 1.29 is 13.2 Å². The second kappa shape index (κ2) is 7.38. The van der Waals surface area contributed by atoms with Crippen molar-refractivity contribution in [3.63, 3.8) is 0 Å². The fraction of sp³-hybridized carbons (Fsp3) is 0.625. The maximum Gasteiger partial charge on any atom is 0.240 e. The molecule has 21 heavy (non-hydrogen) atoms. The van der Waals surface area contributed by atoms with Gasteiger partial charge in [0, 0.05) is 13.7 Å². The zero-order valence-electron chi connectivity index (χ0n) is 12.8. The predicted molar refractivity (Wildman–Crippen MR) is 83.9 cm³/mol. The summed E-state index contributed by atoms with van der Waals surface area (Å²) < 4.78 is 32.0. The highest BCUT2D eigenvalue weighted by Crippen LogP contribution is 2.32. The Hall–Kier alpha value is -0.910. The van der Waals surface area contributed by atoms with Crippen LogP contribution in [-0.2, 0) is 14.8 Å². The van der Waals surface area contributed by atoms with Crippen LogP contribution in [0.1, 0.15) is 50.5 Å². The van der Waals surface area contributed by atoms with E-state index < -0.39 is 10.0 Å². The van der Waals surface area contributed by atoms with Crippen molar-refractivity contribution in [3.8, 4) is 0 Å². The normalized spacial score (nSPS) is 18.6. The SMILES string of the molecule is COC(C)CNS(=O)(=O)c1ccc(C2CCCCC2)cc1. The molecule has 0 aliphatic heterocycles. The van der Waals surface area contributed by atoms with Crippen LogP contribution in [-0.4, -0.2) is 28.2 Å². The van der Waals surface area contributed by atoms with E-state index in [4.69, 9.17) is 4.74 Å². The lowest BCUT2D eigenvalue weighted by molar-refractivity contribution is 0.122. The van der Waals surface area contributed by atoms with E-state index in [1.54, 1.807) is 19.2 Å². The predicted octanol–water partition coefficient (Wildman–Crippen LogP) is 3.05. The smallest absolute Gasteiger partial charge is 0.240 e. The minimum absolute atomic E-state index is 0.138. The lowest BCUT2D eigenvalue weighted by atomic mass is 9.84. The third-order valence-corrected chi connectivity index (χ3v) is 5.67. The standard InChI is InChI=1S/C16H25NO3S/c1-13(20-2)12-17-21(18,19)16-10-8-15(9-11-16)14-6-4-3-5-7-14/h8-11,13-14,17H,3-7,12H2,1-2H3. The first-order valence-electron chi connectivity index (χ1n) is 7.65. The zero-order valence-corrected chi connectivity index (χ0v) is 13.7. The lowest BCUT2D eigenvalue weighted by Crippen LogP contribution is -2.31. The van der Waals surface area contributed by atoms with E-state index in [1.807, 2.05) is 19.1 Å². The Morgan fingerprint density at radius 1 is 1.19 bits per heavy atom. The van der Waals surface area contributed by atoms with Gasteiger partial charge < -0.3 is 4.74 Å². The van der Waals surface area contributed by atoms with E-state index in [-0.39, 0.29) is 12.6 Å². The molecule has 1 unspecified atom stereocenters. The number of ether oxygens (including phenoxy) is 1. The van der Waals surface area contributed by atoms with Crippen LogP contribution in [0.15, 0.2) is 29.2 Å². The molecule has 118 valence electrons. The average Bonchev–Trinajstić information content (AvgIpc) is 2.53. The molecule has 1 aromatic carbocycles. The molecule has 1 aromatic rings. The molecule has 0 saturated heterocycles. The summed E-state index contributed by atoms with van der Waals surface area (Å²) in [6, 6.07) is 7.35. The van der Waals surface area contributed by atoms with Crippen molar-refractivity contribution in [1.82, 2.24) is 4.72 Å². The van der Waals surface area contributed by atoms with Gasteiger partial charge in [0.05, 0.1) is 11.0 Å². The summed E-state index contributed by atoms with van der Waals surface area (Å²) in [5, 5.41) is 0. The Labute approximate surface area is 127 Å². The van der Waals surface area contributed by atoms with Gasteiger partial charge in [0.2, 0.25) is 10.0 Å². The molecule has 1 N–H and O–H groups in total. The van der Waals surface area contributed by atoms with Crippen LogP contribution in [0, 0.1) is 0 Å². The number of nitrogens with one attached hydrogen (secondary N) is 1. The fourth-order valence-electron chi connectivity index (χ4n) is 2.75. The van der Waals surface area contributed by atoms with Gasteiger partial charge in [-0.05, 0) is 43.4 Å². The molecule has 1 aliphatic carbocycles. The zero-order chi connectivity index (χ0) is 15.3. The van der Waals surface area contributed by atoms with Gasteiger partial charge in [0.1, 0.15) is 0 Å². The highest BCUT2D eigenvalue weighted by molar-refractivity contribution is 7.89. The van der Waals surface area contributed by atoms with Crippen molar-refractivity contribution in [3.05, 3.63) is 29.8 Å². The molecule has 0 amide bonds. The summed E-state index contributed by atoms with van der Waals surface area (Å²) >= 11 is 0. The molecule has 2 rings (SSSR count). The number of hydrogen-bond donors (Lipinski definition) is 1. The topological polar surface area (TPSA) is 55.4 Å². The molecule has 0 bridgehead atoms. The second-order valence-corrected chi connectivity index (χ2v) is 7.57. The second-order valence-electron chi connectivity index (χ2n) is 5.80. The van der Waals surface area contributed by atoms with Gasteiger partial charge in [-0.15, -0.1) is 0 Å². The van der Waals surface area contributed by atoms with Crippen LogP contribution in [0.4, 0.5) is 0 Å². The molecule has 0 spiro atoms. The number of methoxy groups -OCH3 is 1. The molecule has 4 nitrogen and oxygen atoms in total. The molecule has 1 atom stereocenters. The van der Waals surface area contributed by atoms with Crippen molar-refractivity contribution >= 4 is 10.0 Å². The monoisotopic (exact) mass is 311 g/mol. The van der Waals surface area contributed by atoms with Crippen molar-refractivity contribution in [1.29, 1.82) is 0 Å². The number of rotatable bonds is 6. The molecule has 1 aliphatic rings. The van der Waals surface area contributed by atoms with Gasteiger partial charge >= 0.3 is 0 Å². The third kappa shape index (κ3) is 4.53. The van der Waals surface area contributed by atoms with E-state index in [2.05, 4.69) is 4.72 Å². The maximum atomic E-state index is 12.2. The van der Waals surface area contributed by atoms with Gasteiger partial charge in [-0.1, -0.05) is 31.4 Å². The quantitative estimate of drug-likeness (QED) is 0.878. The molecule has 0 aromatic heterocycles. The minimum Gasteiger partial charge on any atom is -0.380 e. The fourth-order valence-corrected chi connectivity index (χ4v) is 3.86. The van der Waals surface area contributed by atoms with Crippen LogP contribution < -0.4 is 4.72 Å². The van der Waals surface area contributed by atoms with E-state index in [0.717, 1.165) is 0 Å². The molecule has 0 heterocycles. The van der Waals surface area contributed by atoms with Gasteiger partial charge in [0.15, 0.2) is 0 Å². The first kappa shape index (κ1) is 16.5. The van der Waals surface area contributed by atoms with Gasteiger partial charge in [-0.3, -0.25) is 0 Å². The minimum atomic E-state index is -3.44. The lowest BCUT2D eigenvalue weighted by Gasteiger charge is -2.22. The van der Waals surface area contributed by atoms with Gasteiger partial charge in [-0.2, -0.15) is 0 Å². The highest BCUT2D eigenvalue weighted by atomic mass is 32.2. The van der Waals surface area contributed by atoms with Crippen LogP contribution in [0.25, 0.3) is 0 Å².